The van der Waals surface area contributed by atoms with Crippen molar-refractivity contribution in [3.63, 3.8) is 0 Å². The van der Waals surface area contributed by atoms with Crippen LogP contribution in [0.25, 0.3) is 16.7 Å². The van der Waals surface area contributed by atoms with E-state index in [9.17, 15) is 14.7 Å². The van der Waals surface area contributed by atoms with Gasteiger partial charge in [0.2, 0.25) is 12.5 Å². The van der Waals surface area contributed by atoms with E-state index in [1.807, 2.05) is 0 Å². The van der Waals surface area contributed by atoms with E-state index >= 15 is 0 Å². The highest BCUT2D eigenvalue weighted by molar-refractivity contribution is 5.88. The summed E-state index contributed by atoms with van der Waals surface area (Å²) in [5.74, 6) is -0.277. The van der Waals surface area contributed by atoms with Crippen LogP contribution in [0, 0.1) is 0 Å². The molecule has 114 valence electrons. The molecule has 0 amide bonds. The number of benzene rings is 2. The minimum atomic E-state index is -1.37. The zero-order chi connectivity index (χ0) is 16.0. The lowest BCUT2D eigenvalue weighted by Gasteiger charge is -2.11. The number of hydrogen-bond acceptors (Lipinski definition) is 5. The van der Waals surface area contributed by atoms with E-state index in [4.69, 9.17) is 9.47 Å². The van der Waals surface area contributed by atoms with Gasteiger partial charge in [0.15, 0.2) is 11.5 Å². The summed E-state index contributed by atoms with van der Waals surface area (Å²) in [6.07, 6.45) is 0. The number of carbonyl (C=O) groups is 1. The fourth-order valence-corrected chi connectivity index (χ4v) is 2.55. The molecule has 1 aliphatic rings. The molecule has 0 saturated carbocycles. The van der Waals surface area contributed by atoms with Crippen LogP contribution < -0.4 is 15.0 Å². The van der Waals surface area contributed by atoms with Gasteiger partial charge < -0.3 is 14.6 Å². The van der Waals surface area contributed by atoms with Gasteiger partial charge in [-0.1, -0.05) is 12.1 Å². The molecule has 0 aliphatic carbocycles. The summed E-state index contributed by atoms with van der Waals surface area (Å²) in [4.78, 5) is 27.8. The van der Waals surface area contributed by atoms with Gasteiger partial charge in [-0.3, -0.25) is 9.36 Å². The smallest absolute Gasteiger partial charge is 0.360 e. The van der Waals surface area contributed by atoms with Crippen LogP contribution in [0.15, 0.2) is 47.3 Å². The molecule has 0 spiro atoms. The summed E-state index contributed by atoms with van der Waals surface area (Å²) in [6.45, 7) is 0.116. The zero-order valence-corrected chi connectivity index (χ0v) is 11.7. The number of ether oxygens (including phenoxy) is 2. The first-order valence-electron chi connectivity index (χ1n) is 6.80. The molecular weight excluding hydrogens is 300 g/mol. The average Bonchev–Trinajstić information content (AvgIpc) is 3.01. The van der Waals surface area contributed by atoms with Crippen LogP contribution in [-0.2, 0) is 0 Å². The van der Waals surface area contributed by atoms with Crippen LogP contribution in [0.3, 0.4) is 0 Å². The lowest BCUT2D eigenvalue weighted by molar-refractivity contribution is 0.0688. The van der Waals surface area contributed by atoms with Crippen LogP contribution in [0.5, 0.6) is 11.5 Å². The van der Waals surface area contributed by atoms with Crippen LogP contribution in [0.1, 0.15) is 10.5 Å². The normalized spacial score (nSPS) is 12.5. The Morgan fingerprint density at radius 1 is 1.13 bits per heavy atom. The highest BCUT2D eigenvalue weighted by Crippen LogP contribution is 2.33. The molecule has 0 radical (unpaired) electrons. The van der Waals surface area contributed by atoms with Crippen molar-refractivity contribution in [2.45, 2.75) is 0 Å². The molecule has 0 fully saturated rings. The van der Waals surface area contributed by atoms with Crippen LogP contribution >= 0.6 is 0 Å². The van der Waals surface area contributed by atoms with Gasteiger partial charge in [-0.05, 0) is 24.3 Å². The molecule has 7 nitrogen and oxygen atoms in total. The van der Waals surface area contributed by atoms with Crippen molar-refractivity contribution in [3.05, 3.63) is 58.5 Å². The van der Waals surface area contributed by atoms with Crippen molar-refractivity contribution in [2.75, 3.05) is 6.79 Å². The molecule has 0 atom stereocenters. The number of aromatic nitrogens is 2. The van der Waals surface area contributed by atoms with E-state index in [0.717, 1.165) is 0 Å². The van der Waals surface area contributed by atoms with E-state index in [-0.39, 0.29) is 6.79 Å². The number of rotatable bonds is 2. The number of para-hydroxylation sites is 2. The highest BCUT2D eigenvalue weighted by Gasteiger charge is 2.20. The summed E-state index contributed by atoms with van der Waals surface area (Å²) >= 11 is 0. The SMILES string of the molecule is O=C(O)c1nc2ccccc2n(-c2ccc3c(c2)OCO3)c1=O. The third-order valence-corrected chi connectivity index (χ3v) is 3.58. The van der Waals surface area contributed by atoms with Gasteiger partial charge in [0.05, 0.1) is 16.7 Å². The summed E-state index contributed by atoms with van der Waals surface area (Å²) in [5, 5.41) is 9.23. The summed E-state index contributed by atoms with van der Waals surface area (Å²) < 4.78 is 11.9. The molecule has 2 heterocycles. The Labute approximate surface area is 129 Å². The molecule has 1 N–H and O–H groups in total. The second-order valence-electron chi connectivity index (χ2n) is 4.93. The predicted molar refractivity (Wildman–Crippen MR) is 80.4 cm³/mol. The highest BCUT2D eigenvalue weighted by atomic mass is 16.7. The van der Waals surface area contributed by atoms with Crippen molar-refractivity contribution in [3.8, 4) is 17.2 Å². The molecule has 0 saturated heterocycles. The van der Waals surface area contributed by atoms with Gasteiger partial charge in [0, 0.05) is 6.07 Å². The molecular formula is C16H10N2O5. The average molecular weight is 310 g/mol. The topological polar surface area (TPSA) is 90.7 Å². The molecule has 0 unspecified atom stereocenters. The maximum atomic E-state index is 12.6. The summed E-state index contributed by atoms with van der Waals surface area (Å²) in [5.41, 5.74) is 0.195. The van der Waals surface area contributed by atoms with Crippen molar-refractivity contribution in [1.82, 2.24) is 9.55 Å². The van der Waals surface area contributed by atoms with Crippen LogP contribution in [-0.4, -0.2) is 27.4 Å². The van der Waals surface area contributed by atoms with Gasteiger partial charge >= 0.3 is 5.97 Å². The third kappa shape index (κ3) is 2.02. The number of carboxylic acid groups (broad SMARTS) is 1. The fourth-order valence-electron chi connectivity index (χ4n) is 2.55. The van der Waals surface area contributed by atoms with E-state index in [0.29, 0.717) is 28.2 Å². The minimum Gasteiger partial charge on any atom is -0.476 e. The largest absolute Gasteiger partial charge is 0.476 e. The second-order valence-corrected chi connectivity index (χ2v) is 4.93. The number of aromatic carboxylic acids is 1. The molecule has 1 aliphatic heterocycles. The Balaban J connectivity index is 2.07. The van der Waals surface area contributed by atoms with Gasteiger partial charge in [-0.15, -0.1) is 0 Å². The molecule has 2 aromatic carbocycles. The number of carboxylic acids is 1. The van der Waals surface area contributed by atoms with Crippen molar-refractivity contribution < 1.29 is 19.4 Å². The van der Waals surface area contributed by atoms with Crippen molar-refractivity contribution in [1.29, 1.82) is 0 Å². The van der Waals surface area contributed by atoms with Gasteiger partial charge in [-0.2, -0.15) is 0 Å². The lowest BCUT2D eigenvalue weighted by atomic mass is 10.2. The monoisotopic (exact) mass is 310 g/mol. The van der Waals surface area contributed by atoms with Crippen LogP contribution in [0.2, 0.25) is 0 Å². The van der Waals surface area contributed by atoms with E-state index in [1.165, 1.54) is 4.57 Å². The first-order chi connectivity index (χ1) is 11.1. The first kappa shape index (κ1) is 13.3. The fraction of sp³-hybridized carbons (Fsp3) is 0.0625. The molecule has 7 heteroatoms. The van der Waals surface area contributed by atoms with E-state index in [1.54, 1.807) is 42.5 Å². The predicted octanol–water partition coefficient (Wildman–Crippen LogP) is 1.81. The Kier molecular flexibility index (Phi) is 2.80. The molecule has 4 rings (SSSR count). The first-order valence-corrected chi connectivity index (χ1v) is 6.80. The van der Waals surface area contributed by atoms with Gasteiger partial charge in [0.1, 0.15) is 0 Å². The summed E-state index contributed by atoms with van der Waals surface area (Å²) in [6, 6.07) is 11.8. The van der Waals surface area contributed by atoms with Crippen molar-refractivity contribution >= 4 is 17.0 Å². The second kappa shape index (κ2) is 4.84. The Morgan fingerprint density at radius 3 is 2.74 bits per heavy atom. The van der Waals surface area contributed by atoms with Gasteiger partial charge in [0.25, 0.3) is 5.56 Å². The standard InChI is InChI=1S/C16H10N2O5/c19-15-14(16(20)21)17-10-3-1-2-4-11(10)18(15)9-5-6-12-13(7-9)23-8-22-12/h1-7H,8H2,(H,20,21). The minimum absolute atomic E-state index is 0.116. The van der Waals surface area contributed by atoms with E-state index in [2.05, 4.69) is 4.98 Å². The van der Waals surface area contributed by atoms with Crippen LogP contribution in [0.4, 0.5) is 0 Å². The Bertz CT molecular complexity index is 1010. The summed E-state index contributed by atoms with van der Waals surface area (Å²) in [7, 11) is 0. The lowest BCUT2D eigenvalue weighted by Crippen LogP contribution is -2.27. The molecule has 0 bridgehead atoms. The molecule has 1 aromatic heterocycles. The maximum absolute atomic E-state index is 12.6. The number of fused-ring (bicyclic) bond motifs is 2. The zero-order valence-electron chi connectivity index (χ0n) is 11.7. The Hall–Kier alpha value is -3.35. The maximum Gasteiger partial charge on any atom is 0.360 e. The molecule has 3 aromatic rings. The third-order valence-electron chi connectivity index (χ3n) is 3.58. The van der Waals surface area contributed by atoms with Crippen molar-refractivity contribution in [2.24, 2.45) is 0 Å². The molecule has 23 heavy (non-hydrogen) atoms. The number of nitrogens with zero attached hydrogens (tertiary/aromatic N) is 2. The Morgan fingerprint density at radius 2 is 1.91 bits per heavy atom. The van der Waals surface area contributed by atoms with E-state index < -0.39 is 17.2 Å². The quantitative estimate of drug-likeness (QED) is 0.776. The number of hydrogen-bond donors (Lipinski definition) is 1. The van der Waals surface area contributed by atoms with Gasteiger partial charge in [-0.25, -0.2) is 9.78 Å².